The number of halogens is 1. The molecule has 33 heavy (non-hydrogen) atoms. The number of ether oxygens (including phenoxy) is 1. The smallest absolute Gasteiger partial charge is 0.407 e. The lowest BCUT2D eigenvalue weighted by Gasteiger charge is -2.27. The number of carboxylic acid groups (broad SMARTS) is 1. The number of hydrogen-bond acceptors (Lipinski definition) is 6. The zero-order valence-corrected chi connectivity index (χ0v) is 19.5. The molecule has 3 heterocycles. The van der Waals surface area contributed by atoms with E-state index in [1.807, 2.05) is 20.8 Å². The Morgan fingerprint density at radius 2 is 1.97 bits per heavy atom. The Kier molecular flexibility index (Phi) is 6.73. The zero-order chi connectivity index (χ0) is 24.4. The minimum atomic E-state index is -4.19. The molecule has 0 saturated carbocycles. The highest BCUT2D eigenvalue weighted by Gasteiger charge is 2.26. The van der Waals surface area contributed by atoms with Crippen molar-refractivity contribution >= 4 is 16.1 Å². The van der Waals surface area contributed by atoms with Crippen LogP contribution in [0.25, 0.3) is 11.3 Å². The summed E-state index contributed by atoms with van der Waals surface area (Å²) in [6.07, 6.45) is 2.54. The Bertz CT molecular complexity index is 1250. The van der Waals surface area contributed by atoms with Gasteiger partial charge in [-0.25, -0.2) is 27.2 Å². The first kappa shape index (κ1) is 24.2. The van der Waals surface area contributed by atoms with Gasteiger partial charge in [0.05, 0.1) is 31.1 Å². The van der Waals surface area contributed by atoms with Gasteiger partial charge in [0.1, 0.15) is 4.90 Å². The average Bonchev–Trinajstić information content (AvgIpc) is 3.17. The quantitative estimate of drug-likeness (QED) is 0.515. The molecule has 0 aliphatic carbocycles. The second kappa shape index (κ2) is 9.18. The van der Waals surface area contributed by atoms with E-state index in [1.54, 1.807) is 0 Å². The standard InChI is InChI=1S/C22H25FN4O5S/c1-22(2,3)14-26(21(28)29)12-15-10-18(17-6-5-9-24-20(17)23)27(13-15)33(30,31)16-7-8-19(32-4)25-11-16/h5-11,13H,12,14H2,1-4H3,(H,28,29). The van der Waals surface area contributed by atoms with Crippen molar-refractivity contribution in [1.29, 1.82) is 0 Å². The van der Waals surface area contributed by atoms with Gasteiger partial charge in [-0.15, -0.1) is 0 Å². The fraction of sp³-hybridized carbons (Fsp3) is 0.318. The summed E-state index contributed by atoms with van der Waals surface area (Å²) in [6, 6.07) is 7.07. The predicted molar refractivity (Wildman–Crippen MR) is 119 cm³/mol. The lowest BCUT2D eigenvalue weighted by atomic mass is 9.96. The maximum absolute atomic E-state index is 14.5. The number of rotatable bonds is 7. The Balaban J connectivity index is 2.13. The molecule has 0 aliphatic heterocycles. The molecule has 1 amide bonds. The van der Waals surface area contributed by atoms with Crippen LogP contribution in [0.15, 0.2) is 53.8 Å². The van der Waals surface area contributed by atoms with Gasteiger partial charge < -0.3 is 14.7 Å². The second-order valence-electron chi connectivity index (χ2n) is 8.61. The Labute approximate surface area is 191 Å². The zero-order valence-electron chi connectivity index (χ0n) is 18.7. The molecule has 0 atom stereocenters. The SMILES string of the molecule is COc1ccc(S(=O)(=O)n2cc(CN(CC(C)(C)C)C(=O)O)cc2-c2cccnc2F)cn1. The molecule has 1 N–H and O–H groups in total. The van der Waals surface area contributed by atoms with E-state index in [0.29, 0.717) is 5.56 Å². The van der Waals surface area contributed by atoms with E-state index >= 15 is 0 Å². The van der Waals surface area contributed by atoms with Gasteiger partial charge in [0, 0.05) is 25.0 Å². The number of nitrogens with zero attached hydrogens (tertiary/aromatic N) is 4. The summed E-state index contributed by atoms with van der Waals surface area (Å²) in [5, 5.41) is 9.63. The highest BCUT2D eigenvalue weighted by atomic mass is 32.2. The number of methoxy groups -OCH3 is 1. The monoisotopic (exact) mass is 476 g/mol. The summed E-state index contributed by atoms with van der Waals surface area (Å²) in [5.74, 6) is -0.615. The summed E-state index contributed by atoms with van der Waals surface area (Å²) < 4.78 is 47.2. The number of aromatic nitrogens is 3. The van der Waals surface area contributed by atoms with Crippen LogP contribution in [0.3, 0.4) is 0 Å². The molecule has 3 aromatic rings. The molecule has 11 heteroatoms. The van der Waals surface area contributed by atoms with Crippen molar-refractivity contribution in [3.63, 3.8) is 0 Å². The molecule has 3 rings (SSSR count). The van der Waals surface area contributed by atoms with Crippen molar-refractivity contribution in [2.45, 2.75) is 32.2 Å². The fourth-order valence-corrected chi connectivity index (χ4v) is 4.63. The van der Waals surface area contributed by atoms with Gasteiger partial charge in [-0.2, -0.15) is 4.39 Å². The first-order valence-electron chi connectivity index (χ1n) is 9.98. The van der Waals surface area contributed by atoms with E-state index < -0.39 is 22.1 Å². The van der Waals surface area contributed by atoms with Crippen molar-refractivity contribution in [3.05, 3.63) is 60.4 Å². The van der Waals surface area contributed by atoms with E-state index in [1.165, 1.54) is 54.7 Å². The van der Waals surface area contributed by atoms with E-state index in [9.17, 15) is 22.7 Å². The van der Waals surface area contributed by atoms with Gasteiger partial charge in [0.2, 0.25) is 11.8 Å². The molecule has 0 aliphatic rings. The molecule has 0 radical (unpaired) electrons. The lowest BCUT2D eigenvalue weighted by Crippen LogP contribution is -2.36. The van der Waals surface area contributed by atoms with Crippen molar-refractivity contribution < 1.29 is 27.4 Å². The molecule has 3 aromatic heterocycles. The second-order valence-corrected chi connectivity index (χ2v) is 10.4. The maximum atomic E-state index is 14.5. The van der Waals surface area contributed by atoms with E-state index in [4.69, 9.17) is 4.74 Å². The average molecular weight is 477 g/mol. The van der Waals surface area contributed by atoms with Crippen LogP contribution in [0.1, 0.15) is 26.3 Å². The van der Waals surface area contributed by atoms with Crippen LogP contribution in [0.2, 0.25) is 0 Å². The van der Waals surface area contributed by atoms with Crippen LogP contribution in [-0.2, 0) is 16.6 Å². The minimum absolute atomic E-state index is 0.0208. The Morgan fingerprint density at radius 1 is 1.24 bits per heavy atom. The van der Waals surface area contributed by atoms with Crippen LogP contribution < -0.4 is 4.74 Å². The van der Waals surface area contributed by atoms with E-state index in [0.717, 1.165) is 10.2 Å². The van der Waals surface area contributed by atoms with Gasteiger partial charge in [0.25, 0.3) is 10.0 Å². The number of hydrogen-bond donors (Lipinski definition) is 1. The van der Waals surface area contributed by atoms with Gasteiger partial charge >= 0.3 is 6.09 Å². The van der Waals surface area contributed by atoms with Crippen LogP contribution >= 0.6 is 0 Å². The fourth-order valence-electron chi connectivity index (χ4n) is 3.29. The third kappa shape index (κ3) is 5.48. The molecule has 0 saturated heterocycles. The topological polar surface area (TPSA) is 115 Å². The molecule has 0 spiro atoms. The van der Waals surface area contributed by atoms with Crippen LogP contribution in [0.5, 0.6) is 5.88 Å². The lowest BCUT2D eigenvalue weighted by molar-refractivity contribution is 0.123. The Hall–Kier alpha value is -3.47. The van der Waals surface area contributed by atoms with Crippen molar-refractivity contribution in [1.82, 2.24) is 18.8 Å². The van der Waals surface area contributed by atoms with Crippen LogP contribution in [-0.4, -0.2) is 52.1 Å². The summed E-state index contributed by atoms with van der Waals surface area (Å²) in [4.78, 5) is 20.4. The largest absolute Gasteiger partial charge is 0.481 e. The highest BCUT2D eigenvalue weighted by molar-refractivity contribution is 7.90. The van der Waals surface area contributed by atoms with Gasteiger partial charge in [-0.3, -0.25) is 0 Å². The summed E-state index contributed by atoms with van der Waals surface area (Å²) in [5.41, 5.74) is 0.0454. The molecule has 0 bridgehead atoms. The van der Waals surface area contributed by atoms with Crippen molar-refractivity contribution in [2.75, 3.05) is 13.7 Å². The summed E-state index contributed by atoms with van der Waals surface area (Å²) >= 11 is 0. The molecule has 176 valence electrons. The highest BCUT2D eigenvalue weighted by Crippen LogP contribution is 2.29. The predicted octanol–water partition coefficient (Wildman–Crippen LogP) is 3.86. The first-order chi connectivity index (χ1) is 15.4. The molecule has 0 fully saturated rings. The molecular formula is C22H25FN4O5S. The maximum Gasteiger partial charge on any atom is 0.407 e. The molecule has 9 nitrogen and oxygen atoms in total. The third-order valence-corrected chi connectivity index (χ3v) is 6.32. The van der Waals surface area contributed by atoms with Gasteiger partial charge in [-0.1, -0.05) is 20.8 Å². The number of carbonyl (C=O) groups is 1. The minimum Gasteiger partial charge on any atom is -0.481 e. The summed E-state index contributed by atoms with van der Waals surface area (Å²) in [7, 11) is -2.79. The molecule has 0 aromatic carbocycles. The Morgan fingerprint density at radius 3 is 2.52 bits per heavy atom. The molecule has 0 unspecified atom stereocenters. The summed E-state index contributed by atoms with van der Waals surface area (Å²) in [6.45, 7) is 5.83. The van der Waals surface area contributed by atoms with E-state index in [-0.39, 0.29) is 40.5 Å². The normalized spacial score (nSPS) is 11.9. The van der Waals surface area contributed by atoms with E-state index in [2.05, 4.69) is 9.97 Å². The van der Waals surface area contributed by atoms with Gasteiger partial charge in [-0.05, 0) is 35.2 Å². The first-order valence-corrected chi connectivity index (χ1v) is 11.4. The van der Waals surface area contributed by atoms with Crippen LogP contribution in [0, 0.1) is 11.4 Å². The molecular weight excluding hydrogens is 451 g/mol. The van der Waals surface area contributed by atoms with Crippen molar-refractivity contribution in [3.8, 4) is 17.1 Å². The number of pyridine rings is 2. The van der Waals surface area contributed by atoms with Gasteiger partial charge in [0.15, 0.2) is 0 Å². The third-order valence-electron chi connectivity index (χ3n) is 4.66. The van der Waals surface area contributed by atoms with Crippen LogP contribution in [0.4, 0.5) is 9.18 Å². The van der Waals surface area contributed by atoms with Crippen molar-refractivity contribution in [2.24, 2.45) is 5.41 Å². The number of amides is 1.